The molecule has 3 nitrogen and oxygen atoms in total. The lowest BCUT2D eigenvalue weighted by Gasteiger charge is -2.10. The van der Waals surface area contributed by atoms with Gasteiger partial charge in [0.2, 0.25) is 0 Å². The SMILES string of the molecule is Oc1c(CNCc2ccccc2F)cc(Cl)c2cccnc12. The smallest absolute Gasteiger partial charge is 0.146 e. The first-order valence-electron chi connectivity index (χ1n) is 6.86. The lowest BCUT2D eigenvalue weighted by atomic mass is 10.1. The van der Waals surface area contributed by atoms with E-state index in [0.717, 1.165) is 0 Å². The van der Waals surface area contributed by atoms with Crippen molar-refractivity contribution in [3.8, 4) is 5.75 Å². The summed E-state index contributed by atoms with van der Waals surface area (Å²) in [6.45, 7) is 0.733. The Morgan fingerprint density at radius 2 is 1.86 bits per heavy atom. The lowest BCUT2D eigenvalue weighted by molar-refractivity contribution is 0.469. The molecule has 22 heavy (non-hydrogen) atoms. The van der Waals surface area contributed by atoms with Gasteiger partial charge in [0, 0.05) is 35.8 Å². The minimum atomic E-state index is -0.252. The molecule has 0 aliphatic heterocycles. The van der Waals surface area contributed by atoms with Crippen molar-refractivity contribution in [3.63, 3.8) is 0 Å². The lowest BCUT2D eigenvalue weighted by Crippen LogP contribution is -2.14. The topological polar surface area (TPSA) is 45.1 Å². The first-order valence-corrected chi connectivity index (χ1v) is 7.24. The van der Waals surface area contributed by atoms with Gasteiger partial charge in [-0.2, -0.15) is 0 Å². The Hall–Kier alpha value is -2.17. The molecule has 2 aromatic carbocycles. The number of benzene rings is 2. The summed E-state index contributed by atoms with van der Waals surface area (Å²) in [5.74, 6) is -0.154. The molecule has 0 aliphatic rings. The van der Waals surface area contributed by atoms with Gasteiger partial charge >= 0.3 is 0 Å². The van der Waals surface area contributed by atoms with Crippen LogP contribution in [0.2, 0.25) is 5.02 Å². The average molecular weight is 317 g/mol. The number of hydrogen-bond acceptors (Lipinski definition) is 3. The van der Waals surface area contributed by atoms with Crippen LogP contribution in [-0.2, 0) is 13.1 Å². The Morgan fingerprint density at radius 3 is 2.68 bits per heavy atom. The second-order valence-corrected chi connectivity index (χ2v) is 5.37. The van der Waals surface area contributed by atoms with Crippen molar-refractivity contribution in [1.29, 1.82) is 0 Å². The number of hydrogen-bond donors (Lipinski definition) is 2. The molecule has 1 aromatic heterocycles. The molecule has 3 aromatic rings. The highest BCUT2D eigenvalue weighted by Crippen LogP contribution is 2.32. The third-order valence-electron chi connectivity index (χ3n) is 3.48. The zero-order valence-corrected chi connectivity index (χ0v) is 12.4. The van der Waals surface area contributed by atoms with Crippen LogP contribution in [0.5, 0.6) is 5.75 Å². The fourth-order valence-electron chi connectivity index (χ4n) is 2.35. The normalized spacial score (nSPS) is 11.0. The summed E-state index contributed by atoms with van der Waals surface area (Å²) in [6, 6.07) is 11.9. The van der Waals surface area contributed by atoms with Crippen LogP contribution < -0.4 is 5.32 Å². The van der Waals surface area contributed by atoms with Gasteiger partial charge in [0.25, 0.3) is 0 Å². The summed E-state index contributed by atoms with van der Waals surface area (Å²) in [7, 11) is 0. The van der Waals surface area contributed by atoms with Crippen molar-refractivity contribution < 1.29 is 9.50 Å². The maximum Gasteiger partial charge on any atom is 0.146 e. The number of aromatic nitrogens is 1. The molecular formula is C17H14ClFN2O. The maximum atomic E-state index is 13.5. The van der Waals surface area contributed by atoms with Gasteiger partial charge in [0.05, 0.1) is 5.02 Å². The first-order chi connectivity index (χ1) is 10.7. The van der Waals surface area contributed by atoms with Crippen LogP contribution in [0.15, 0.2) is 48.7 Å². The second kappa shape index (κ2) is 6.30. The Balaban J connectivity index is 1.80. The van der Waals surface area contributed by atoms with Crippen molar-refractivity contribution in [1.82, 2.24) is 10.3 Å². The number of aromatic hydroxyl groups is 1. The van der Waals surface area contributed by atoms with Crippen LogP contribution in [0, 0.1) is 5.82 Å². The molecule has 5 heteroatoms. The number of phenols is 1. The van der Waals surface area contributed by atoms with E-state index in [0.29, 0.717) is 40.1 Å². The first kappa shape index (κ1) is 14.8. The van der Waals surface area contributed by atoms with Gasteiger partial charge in [0.1, 0.15) is 17.1 Å². The molecular weight excluding hydrogens is 303 g/mol. The van der Waals surface area contributed by atoms with Crippen LogP contribution in [0.3, 0.4) is 0 Å². The van der Waals surface area contributed by atoms with E-state index in [1.807, 2.05) is 0 Å². The minimum Gasteiger partial charge on any atom is -0.505 e. The Morgan fingerprint density at radius 1 is 1.09 bits per heavy atom. The quantitative estimate of drug-likeness (QED) is 0.764. The molecule has 0 spiro atoms. The molecule has 1 heterocycles. The predicted molar refractivity (Wildman–Crippen MR) is 85.4 cm³/mol. The van der Waals surface area contributed by atoms with Crippen molar-refractivity contribution in [2.75, 3.05) is 0 Å². The van der Waals surface area contributed by atoms with Crippen LogP contribution in [0.1, 0.15) is 11.1 Å². The van der Waals surface area contributed by atoms with Crippen LogP contribution in [0.4, 0.5) is 4.39 Å². The van der Waals surface area contributed by atoms with Crippen molar-refractivity contribution >= 4 is 22.5 Å². The minimum absolute atomic E-state index is 0.0982. The van der Waals surface area contributed by atoms with Crippen molar-refractivity contribution in [3.05, 3.63) is 70.6 Å². The highest BCUT2D eigenvalue weighted by Gasteiger charge is 2.11. The molecule has 0 unspecified atom stereocenters. The maximum absolute atomic E-state index is 13.5. The number of phenolic OH excluding ortho intramolecular Hbond substituents is 1. The number of rotatable bonds is 4. The monoisotopic (exact) mass is 316 g/mol. The van der Waals surface area contributed by atoms with Gasteiger partial charge in [-0.05, 0) is 24.3 Å². The molecule has 112 valence electrons. The molecule has 3 rings (SSSR count). The van der Waals surface area contributed by atoms with Gasteiger partial charge in [-0.1, -0.05) is 29.8 Å². The molecule has 0 fully saturated rings. The van der Waals surface area contributed by atoms with Gasteiger partial charge in [-0.15, -0.1) is 0 Å². The molecule has 2 N–H and O–H groups in total. The zero-order valence-electron chi connectivity index (χ0n) is 11.7. The van der Waals surface area contributed by atoms with Gasteiger partial charge in [-0.25, -0.2) is 4.39 Å². The van der Waals surface area contributed by atoms with Crippen LogP contribution >= 0.6 is 11.6 Å². The van der Waals surface area contributed by atoms with E-state index in [-0.39, 0.29) is 11.6 Å². The average Bonchev–Trinajstić information content (AvgIpc) is 2.54. The summed E-state index contributed by atoms with van der Waals surface area (Å²) < 4.78 is 13.5. The summed E-state index contributed by atoms with van der Waals surface area (Å²) >= 11 is 6.22. The van der Waals surface area contributed by atoms with E-state index in [9.17, 15) is 9.50 Å². The highest BCUT2D eigenvalue weighted by atomic mass is 35.5. The van der Waals surface area contributed by atoms with E-state index in [1.54, 1.807) is 42.6 Å². The number of nitrogens with one attached hydrogen (secondary N) is 1. The fraction of sp³-hybridized carbons (Fsp3) is 0.118. The van der Waals surface area contributed by atoms with Crippen molar-refractivity contribution in [2.45, 2.75) is 13.1 Å². The summed E-state index contributed by atoms with van der Waals surface area (Å²) in [5, 5.41) is 14.6. The predicted octanol–water partition coefficient (Wildman–Crippen LogP) is 4.02. The number of fused-ring (bicyclic) bond motifs is 1. The van der Waals surface area contributed by atoms with Crippen LogP contribution in [-0.4, -0.2) is 10.1 Å². The molecule has 0 radical (unpaired) electrons. The van der Waals surface area contributed by atoms with Crippen LogP contribution in [0.25, 0.3) is 10.9 Å². The standard InChI is InChI=1S/C17H14ClFN2O/c18-14-8-12(17(22)16-13(14)5-3-7-21-16)10-20-9-11-4-1-2-6-15(11)19/h1-8,20,22H,9-10H2. The Bertz CT molecular complexity index is 823. The van der Waals surface area contributed by atoms with E-state index in [2.05, 4.69) is 10.3 Å². The van der Waals surface area contributed by atoms with Gasteiger partial charge < -0.3 is 10.4 Å². The molecule has 0 bridgehead atoms. The Kier molecular flexibility index (Phi) is 4.22. The van der Waals surface area contributed by atoms with E-state index >= 15 is 0 Å². The molecule has 0 saturated carbocycles. The summed E-state index contributed by atoms with van der Waals surface area (Å²) in [4.78, 5) is 4.16. The van der Waals surface area contributed by atoms with Crippen molar-refractivity contribution in [2.24, 2.45) is 0 Å². The van der Waals surface area contributed by atoms with E-state index < -0.39 is 0 Å². The van der Waals surface area contributed by atoms with Gasteiger partial charge in [0.15, 0.2) is 0 Å². The largest absolute Gasteiger partial charge is 0.505 e. The number of nitrogens with zero attached hydrogens (tertiary/aromatic N) is 1. The molecule has 0 amide bonds. The third kappa shape index (κ3) is 2.89. The summed E-state index contributed by atoms with van der Waals surface area (Å²) in [5.41, 5.74) is 1.68. The summed E-state index contributed by atoms with van der Waals surface area (Å²) in [6.07, 6.45) is 1.61. The fourth-order valence-corrected chi connectivity index (χ4v) is 2.63. The van der Waals surface area contributed by atoms with E-state index in [4.69, 9.17) is 11.6 Å². The third-order valence-corrected chi connectivity index (χ3v) is 3.80. The highest BCUT2D eigenvalue weighted by molar-refractivity contribution is 6.35. The number of pyridine rings is 1. The zero-order chi connectivity index (χ0) is 15.5. The van der Waals surface area contributed by atoms with Gasteiger partial charge in [-0.3, -0.25) is 4.98 Å². The number of halogens is 2. The second-order valence-electron chi connectivity index (χ2n) is 4.96. The Labute approximate surface area is 132 Å². The molecule has 0 aliphatic carbocycles. The van der Waals surface area contributed by atoms with E-state index in [1.165, 1.54) is 6.07 Å². The molecule has 0 atom stereocenters. The molecule has 0 saturated heterocycles.